The largest absolute Gasteiger partial charge is 0.398 e. The summed E-state index contributed by atoms with van der Waals surface area (Å²) in [5.74, 6) is -0.0314. The van der Waals surface area contributed by atoms with E-state index in [1.807, 2.05) is 0 Å². The van der Waals surface area contributed by atoms with Crippen molar-refractivity contribution in [1.29, 1.82) is 0 Å². The van der Waals surface area contributed by atoms with E-state index in [1.165, 1.54) is 94.5 Å². The van der Waals surface area contributed by atoms with Crippen molar-refractivity contribution in [1.82, 2.24) is 0 Å². The molecular formula is C61H55BN2. The number of nitrogens with zero attached hydrogens (tertiary/aromatic N) is 1. The van der Waals surface area contributed by atoms with Gasteiger partial charge in [0.1, 0.15) is 7.85 Å². The van der Waals surface area contributed by atoms with E-state index in [0.717, 1.165) is 46.4 Å². The van der Waals surface area contributed by atoms with Gasteiger partial charge in [-0.2, -0.15) is 0 Å². The van der Waals surface area contributed by atoms with Crippen LogP contribution in [0.4, 0.5) is 17.1 Å². The van der Waals surface area contributed by atoms with E-state index in [-0.39, 0.29) is 16.7 Å². The lowest BCUT2D eigenvalue weighted by molar-refractivity contribution is 0.592. The van der Waals surface area contributed by atoms with Crippen LogP contribution in [-0.4, -0.2) is 7.85 Å². The van der Waals surface area contributed by atoms with Crippen LogP contribution in [0.25, 0.3) is 44.2 Å². The molecule has 2 bridgehead atoms. The third-order valence-corrected chi connectivity index (χ3v) is 14.8. The average Bonchev–Trinajstić information content (AvgIpc) is 3.52. The Morgan fingerprint density at radius 1 is 0.688 bits per heavy atom. The molecule has 0 radical (unpaired) electrons. The lowest BCUT2D eigenvalue weighted by atomic mass is 9.66. The maximum absolute atomic E-state index is 7.18. The number of nitrogens with two attached hydrogens (primary N) is 1. The minimum absolute atomic E-state index is 0.0314. The predicted octanol–water partition coefficient (Wildman–Crippen LogP) is 14.9. The molecule has 7 aromatic carbocycles. The van der Waals surface area contributed by atoms with E-state index in [0.29, 0.717) is 0 Å². The Hall–Kier alpha value is -6.84. The van der Waals surface area contributed by atoms with Crippen LogP contribution in [0.5, 0.6) is 0 Å². The molecule has 1 unspecified atom stereocenters. The standard InChI is InChI=1S/C61H55BN2/c1-36-17-8-11-20-42(36)48-35-56-59(62)57(37(48)2)47-24-16-23-45(50-31-38-18-9-10-19-39(38)32-54(50)63)58(47)46-29-27-40(43-21-12-14-25-51(43)60(3,4)5)33-55(46)64(56)41-28-30-53-49(34-41)44-22-13-15-26-52(44)61(53,6)7/h8-15,17-22,24-35,48H,2,16,23,62-63H2,1,3-7H3. The number of aryl methyl sites for hydroxylation is 1. The number of nitrogen functional groups attached to an aromatic ring is 1. The van der Waals surface area contributed by atoms with Gasteiger partial charge in [-0.25, -0.2) is 0 Å². The zero-order chi connectivity index (χ0) is 44.2. The van der Waals surface area contributed by atoms with Gasteiger partial charge in [-0.1, -0.05) is 168 Å². The molecule has 11 rings (SSSR count). The number of fused-ring (bicyclic) bond motifs is 9. The van der Waals surface area contributed by atoms with Crippen molar-refractivity contribution in [2.24, 2.45) is 0 Å². The summed E-state index contributed by atoms with van der Waals surface area (Å²) >= 11 is 0. The fourth-order valence-electron chi connectivity index (χ4n) is 11.6. The number of anilines is 3. The summed E-state index contributed by atoms with van der Waals surface area (Å²) in [6.07, 6.45) is 6.79. The van der Waals surface area contributed by atoms with Crippen LogP contribution in [0.2, 0.25) is 0 Å². The second kappa shape index (κ2) is 14.6. The molecule has 0 fully saturated rings. The third kappa shape index (κ3) is 6.08. The van der Waals surface area contributed by atoms with Crippen molar-refractivity contribution in [2.45, 2.75) is 71.1 Å². The molecule has 0 aromatic heterocycles. The van der Waals surface area contributed by atoms with Crippen LogP contribution in [-0.2, 0) is 10.8 Å². The molecule has 4 aliphatic rings. The summed E-state index contributed by atoms with van der Waals surface area (Å²) < 4.78 is 0. The first-order chi connectivity index (χ1) is 30.8. The van der Waals surface area contributed by atoms with Crippen molar-refractivity contribution in [3.8, 4) is 22.3 Å². The lowest BCUT2D eigenvalue weighted by Gasteiger charge is -2.42. The van der Waals surface area contributed by atoms with Gasteiger partial charge in [-0.05, 0) is 150 Å². The highest BCUT2D eigenvalue weighted by Gasteiger charge is 2.40. The maximum atomic E-state index is 7.18. The molecule has 1 heterocycles. The lowest BCUT2D eigenvalue weighted by Crippen LogP contribution is -2.28. The minimum atomic E-state index is -0.107. The molecule has 2 nitrogen and oxygen atoms in total. The third-order valence-electron chi connectivity index (χ3n) is 14.8. The highest BCUT2D eigenvalue weighted by Crippen LogP contribution is 2.57. The number of benzene rings is 7. The van der Waals surface area contributed by atoms with E-state index in [4.69, 9.17) is 12.3 Å². The highest BCUT2D eigenvalue weighted by molar-refractivity contribution is 6.28. The van der Waals surface area contributed by atoms with Crippen molar-refractivity contribution in [3.05, 3.63) is 231 Å². The van der Waals surface area contributed by atoms with Crippen LogP contribution in [0.1, 0.15) is 92.3 Å². The van der Waals surface area contributed by atoms with Gasteiger partial charge in [0.15, 0.2) is 0 Å². The summed E-state index contributed by atoms with van der Waals surface area (Å²) in [7, 11) is 2.33. The number of allylic oxidation sites excluding steroid dienone is 8. The van der Waals surface area contributed by atoms with Gasteiger partial charge in [0.25, 0.3) is 0 Å². The number of hydrogen-bond donors (Lipinski definition) is 1. The van der Waals surface area contributed by atoms with Crippen LogP contribution < -0.4 is 10.6 Å². The molecule has 312 valence electrons. The molecule has 64 heavy (non-hydrogen) atoms. The topological polar surface area (TPSA) is 29.3 Å². The normalized spacial score (nSPS) is 17.6. The Morgan fingerprint density at radius 2 is 1.38 bits per heavy atom. The van der Waals surface area contributed by atoms with Crippen LogP contribution in [0.15, 0.2) is 192 Å². The van der Waals surface area contributed by atoms with E-state index >= 15 is 0 Å². The molecule has 0 spiro atoms. The zero-order valence-electron chi connectivity index (χ0n) is 38.2. The van der Waals surface area contributed by atoms with Crippen LogP contribution >= 0.6 is 0 Å². The van der Waals surface area contributed by atoms with E-state index in [2.05, 4.69) is 212 Å². The van der Waals surface area contributed by atoms with Gasteiger partial charge in [0.05, 0.1) is 5.69 Å². The average molecular weight is 827 g/mol. The first kappa shape index (κ1) is 40.0. The molecule has 1 atom stereocenters. The molecule has 0 saturated carbocycles. The molecule has 1 aliphatic heterocycles. The highest BCUT2D eigenvalue weighted by atomic mass is 15.2. The van der Waals surface area contributed by atoms with Gasteiger partial charge < -0.3 is 10.6 Å². The smallest absolute Gasteiger partial charge is 0.142 e. The quantitative estimate of drug-likeness (QED) is 0.141. The molecule has 3 heteroatoms. The second-order valence-corrected chi connectivity index (χ2v) is 20.0. The van der Waals surface area contributed by atoms with E-state index in [1.54, 1.807) is 0 Å². The predicted molar refractivity (Wildman–Crippen MR) is 276 cm³/mol. The van der Waals surface area contributed by atoms with Gasteiger partial charge >= 0.3 is 0 Å². The minimum Gasteiger partial charge on any atom is -0.398 e. The number of rotatable bonds is 4. The molecule has 0 saturated heterocycles. The van der Waals surface area contributed by atoms with Crippen molar-refractivity contribution >= 4 is 46.8 Å². The van der Waals surface area contributed by atoms with Crippen molar-refractivity contribution in [2.75, 3.05) is 10.6 Å². The second-order valence-electron chi connectivity index (χ2n) is 20.0. The SMILES string of the molecule is BC1=C2C(=C)C(c3ccccc3C)C=C1N(c1ccc3c(c1)-c1ccccc1C3(C)C)c1cc(-c3ccccc3C(C)(C)C)ccc1C1=C(c3cc4ccccc4cc3N)CCC=C21. The molecule has 0 amide bonds. The fraction of sp³-hybridized carbons (Fsp3) is 0.180. The van der Waals surface area contributed by atoms with Gasteiger partial charge in [-0.15, -0.1) is 0 Å². The van der Waals surface area contributed by atoms with Crippen molar-refractivity contribution in [3.63, 3.8) is 0 Å². The Balaban J connectivity index is 1.28. The molecule has 3 aliphatic carbocycles. The Morgan fingerprint density at radius 3 is 2.16 bits per heavy atom. The summed E-state index contributed by atoms with van der Waals surface area (Å²) in [5.41, 5.74) is 32.7. The van der Waals surface area contributed by atoms with E-state index < -0.39 is 0 Å². The van der Waals surface area contributed by atoms with Crippen LogP contribution in [0.3, 0.4) is 0 Å². The first-order valence-corrected chi connectivity index (χ1v) is 23.0. The van der Waals surface area contributed by atoms with Crippen molar-refractivity contribution < 1.29 is 0 Å². The maximum Gasteiger partial charge on any atom is 0.142 e. The number of hydrogen-bond acceptors (Lipinski definition) is 2. The monoisotopic (exact) mass is 826 g/mol. The molecule has 2 N–H and O–H groups in total. The zero-order valence-corrected chi connectivity index (χ0v) is 38.2. The molecular weight excluding hydrogens is 771 g/mol. The Labute approximate surface area is 380 Å². The summed E-state index contributed by atoms with van der Waals surface area (Å²) in [6, 6.07) is 54.4. The Bertz CT molecular complexity index is 3290. The summed E-state index contributed by atoms with van der Waals surface area (Å²) in [6.45, 7) is 19.0. The fourth-order valence-corrected chi connectivity index (χ4v) is 11.6. The van der Waals surface area contributed by atoms with Gasteiger partial charge in [-0.3, -0.25) is 0 Å². The first-order valence-electron chi connectivity index (χ1n) is 23.0. The van der Waals surface area contributed by atoms with E-state index in [9.17, 15) is 0 Å². The van der Waals surface area contributed by atoms with Gasteiger partial charge in [0.2, 0.25) is 0 Å². The Kier molecular flexibility index (Phi) is 9.12. The van der Waals surface area contributed by atoms with Crippen LogP contribution in [0, 0.1) is 6.92 Å². The summed E-state index contributed by atoms with van der Waals surface area (Å²) in [4.78, 5) is 2.60. The molecule has 7 aromatic rings. The summed E-state index contributed by atoms with van der Waals surface area (Å²) in [5, 5.41) is 2.35. The van der Waals surface area contributed by atoms with Gasteiger partial charge in [0, 0.05) is 39.5 Å².